The molecular formula is C20H21N3O3. The largest absolute Gasteiger partial charge is 0.348 e. The van der Waals surface area contributed by atoms with Gasteiger partial charge in [0.2, 0.25) is 11.8 Å². The Labute approximate surface area is 152 Å². The Bertz CT molecular complexity index is 809. The zero-order chi connectivity index (χ0) is 18.5. The highest BCUT2D eigenvalue weighted by atomic mass is 16.2. The molecule has 0 bridgehead atoms. The van der Waals surface area contributed by atoms with Crippen LogP contribution >= 0.6 is 0 Å². The first-order chi connectivity index (χ1) is 12.5. The van der Waals surface area contributed by atoms with Crippen LogP contribution in [0.15, 0.2) is 48.5 Å². The molecule has 0 unspecified atom stereocenters. The number of amides is 3. The third-order valence-electron chi connectivity index (χ3n) is 4.09. The normalized spacial score (nSPS) is 13.0. The van der Waals surface area contributed by atoms with E-state index >= 15 is 0 Å². The summed E-state index contributed by atoms with van der Waals surface area (Å²) in [7, 11) is 0. The molecule has 26 heavy (non-hydrogen) atoms. The number of anilines is 2. The van der Waals surface area contributed by atoms with Gasteiger partial charge in [0.1, 0.15) is 0 Å². The number of carbonyl (C=O) groups excluding carboxylic acids is 3. The Kier molecular flexibility index (Phi) is 5.31. The van der Waals surface area contributed by atoms with Gasteiger partial charge in [-0.3, -0.25) is 14.4 Å². The van der Waals surface area contributed by atoms with Gasteiger partial charge in [-0.1, -0.05) is 12.1 Å². The minimum atomic E-state index is -0.184. The number of hydrogen-bond acceptors (Lipinski definition) is 3. The van der Waals surface area contributed by atoms with Crippen molar-refractivity contribution in [1.82, 2.24) is 5.32 Å². The average molecular weight is 351 g/mol. The van der Waals surface area contributed by atoms with Gasteiger partial charge in [0.25, 0.3) is 5.91 Å². The van der Waals surface area contributed by atoms with Gasteiger partial charge in [-0.05, 0) is 54.8 Å². The molecule has 1 saturated carbocycles. The minimum absolute atomic E-state index is 0.0462. The first-order valence-electron chi connectivity index (χ1n) is 8.57. The molecule has 6 heteroatoms. The number of nitrogens with one attached hydrogen (secondary N) is 3. The van der Waals surface area contributed by atoms with Gasteiger partial charge < -0.3 is 16.0 Å². The molecular weight excluding hydrogens is 330 g/mol. The van der Waals surface area contributed by atoms with Crippen LogP contribution in [0.2, 0.25) is 0 Å². The monoisotopic (exact) mass is 351 g/mol. The molecule has 3 rings (SSSR count). The van der Waals surface area contributed by atoms with Crippen molar-refractivity contribution in [2.45, 2.75) is 26.3 Å². The lowest BCUT2D eigenvalue weighted by Crippen LogP contribution is -2.22. The Hall–Kier alpha value is -3.15. The SMILES string of the molecule is CC(=O)Nc1ccc(CNC(=O)c2ccc(NC(=O)C3CC3)cc2)cc1. The molecule has 1 aliphatic rings. The third-order valence-corrected chi connectivity index (χ3v) is 4.09. The number of benzene rings is 2. The van der Waals surface area contributed by atoms with E-state index in [9.17, 15) is 14.4 Å². The van der Waals surface area contributed by atoms with E-state index in [1.807, 2.05) is 12.1 Å². The molecule has 0 atom stereocenters. The Morgan fingerprint density at radius 1 is 0.885 bits per heavy atom. The minimum Gasteiger partial charge on any atom is -0.348 e. The molecule has 0 aliphatic heterocycles. The summed E-state index contributed by atoms with van der Waals surface area (Å²) in [5.41, 5.74) is 2.88. The van der Waals surface area contributed by atoms with Crippen molar-refractivity contribution in [2.24, 2.45) is 5.92 Å². The standard InChI is InChI=1S/C20H21N3O3/c1-13(24)22-17-8-2-14(3-9-17)12-21-19(25)15-6-10-18(11-7-15)23-20(26)16-4-5-16/h2-3,6-11,16H,4-5,12H2,1H3,(H,21,25)(H,22,24)(H,23,26). The van der Waals surface area contributed by atoms with Gasteiger partial charge in [0.15, 0.2) is 0 Å². The quantitative estimate of drug-likeness (QED) is 0.748. The van der Waals surface area contributed by atoms with Gasteiger partial charge in [0, 0.05) is 36.3 Å². The van der Waals surface area contributed by atoms with Crippen LogP contribution in [0.25, 0.3) is 0 Å². The zero-order valence-corrected chi connectivity index (χ0v) is 14.5. The lowest BCUT2D eigenvalue weighted by molar-refractivity contribution is -0.117. The van der Waals surface area contributed by atoms with Gasteiger partial charge >= 0.3 is 0 Å². The molecule has 2 aromatic rings. The molecule has 0 heterocycles. The van der Waals surface area contributed by atoms with Crippen LogP contribution in [0.5, 0.6) is 0 Å². The fourth-order valence-corrected chi connectivity index (χ4v) is 2.49. The maximum Gasteiger partial charge on any atom is 0.251 e. The molecule has 0 aromatic heterocycles. The van der Waals surface area contributed by atoms with E-state index in [-0.39, 0.29) is 23.6 Å². The Morgan fingerprint density at radius 2 is 1.46 bits per heavy atom. The lowest BCUT2D eigenvalue weighted by atomic mass is 10.1. The number of rotatable bonds is 6. The van der Waals surface area contributed by atoms with E-state index in [4.69, 9.17) is 0 Å². The van der Waals surface area contributed by atoms with Crippen molar-refractivity contribution in [3.63, 3.8) is 0 Å². The maximum atomic E-state index is 12.2. The van der Waals surface area contributed by atoms with Gasteiger partial charge in [-0.25, -0.2) is 0 Å². The van der Waals surface area contributed by atoms with Crippen molar-refractivity contribution in [3.05, 3.63) is 59.7 Å². The van der Waals surface area contributed by atoms with E-state index in [2.05, 4.69) is 16.0 Å². The maximum absolute atomic E-state index is 12.2. The molecule has 3 amide bonds. The summed E-state index contributed by atoms with van der Waals surface area (Å²) >= 11 is 0. The van der Waals surface area contributed by atoms with Crippen LogP contribution in [0.4, 0.5) is 11.4 Å². The summed E-state index contributed by atoms with van der Waals surface area (Å²) < 4.78 is 0. The van der Waals surface area contributed by atoms with Crippen molar-refractivity contribution in [2.75, 3.05) is 10.6 Å². The van der Waals surface area contributed by atoms with E-state index in [0.29, 0.717) is 17.8 Å². The summed E-state index contributed by atoms with van der Waals surface area (Å²) in [6, 6.07) is 14.1. The Balaban J connectivity index is 1.51. The second kappa shape index (κ2) is 7.82. The fraction of sp³-hybridized carbons (Fsp3) is 0.250. The Morgan fingerprint density at radius 3 is 2.04 bits per heavy atom. The molecule has 1 fully saturated rings. The third kappa shape index (κ3) is 4.92. The predicted octanol–water partition coefficient (Wildman–Crippen LogP) is 2.92. The van der Waals surface area contributed by atoms with Crippen LogP contribution in [0, 0.1) is 5.92 Å². The van der Waals surface area contributed by atoms with Gasteiger partial charge in [-0.15, -0.1) is 0 Å². The summed E-state index contributed by atoms with van der Waals surface area (Å²) in [4.78, 5) is 34.9. The molecule has 134 valence electrons. The molecule has 0 radical (unpaired) electrons. The van der Waals surface area contributed by atoms with E-state index in [1.54, 1.807) is 36.4 Å². The second-order valence-electron chi connectivity index (χ2n) is 6.40. The number of carbonyl (C=O) groups is 3. The van der Waals surface area contributed by atoms with Crippen molar-refractivity contribution >= 4 is 29.1 Å². The smallest absolute Gasteiger partial charge is 0.251 e. The highest BCUT2D eigenvalue weighted by molar-refractivity contribution is 5.96. The molecule has 2 aromatic carbocycles. The van der Waals surface area contributed by atoms with Crippen LogP contribution in [-0.2, 0) is 16.1 Å². The van der Waals surface area contributed by atoms with Gasteiger partial charge in [0.05, 0.1) is 0 Å². The van der Waals surface area contributed by atoms with Crippen molar-refractivity contribution in [3.8, 4) is 0 Å². The molecule has 1 aliphatic carbocycles. The summed E-state index contributed by atoms with van der Waals surface area (Å²) in [5.74, 6) is -0.112. The van der Waals surface area contributed by atoms with E-state index < -0.39 is 0 Å². The average Bonchev–Trinajstić information content (AvgIpc) is 3.46. The topological polar surface area (TPSA) is 87.3 Å². The first kappa shape index (κ1) is 17.7. The van der Waals surface area contributed by atoms with Gasteiger partial charge in [-0.2, -0.15) is 0 Å². The van der Waals surface area contributed by atoms with Crippen LogP contribution in [0.1, 0.15) is 35.7 Å². The van der Waals surface area contributed by atoms with Crippen LogP contribution in [-0.4, -0.2) is 17.7 Å². The lowest BCUT2D eigenvalue weighted by Gasteiger charge is -2.08. The summed E-state index contributed by atoms with van der Waals surface area (Å²) in [6.07, 6.45) is 1.91. The summed E-state index contributed by atoms with van der Waals surface area (Å²) in [6.45, 7) is 1.84. The van der Waals surface area contributed by atoms with Crippen molar-refractivity contribution < 1.29 is 14.4 Å². The number of hydrogen-bond donors (Lipinski definition) is 3. The van der Waals surface area contributed by atoms with E-state index in [1.165, 1.54) is 6.92 Å². The first-order valence-corrected chi connectivity index (χ1v) is 8.57. The molecule has 0 spiro atoms. The molecule has 6 nitrogen and oxygen atoms in total. The predicted molar refractivity (Wildman–Crippen MR) is 99.7 cm³/mol. The van der Waals surface area contributed by atoms with Crippen LogP contribution < -0.4 is 16.0 Å². The summed E-state index contributed by atoms with van der Waals surface area (Å²) in [5, 5.41) is 8.39. The second-order valence-corrected chi connectivity index (χ2v) is 6.40. The molecule has 3 N–H and O–H groups in total. The van der Waals surface area contributed by atoms with E-state index in [0.717, 1.165) is 24.1 Å². The molecule has 0 saturated heterocycles. The zero-order valence-electron chi connectivity index (χ0n) is 14.5. The highest BCUT2D eigenvalue weighted by Gasteiger charge is 2.29. The van der Waals surface area contributed by atoms with Crippen molar-refractivity contribution in [1.29, 1.82) is 0 Å². The fourth-order valence-electron chi connectivity index (χ4n) is 2.49. The highest BCUT2D eigenvalue weighted by Crippen LogP contribution is 2.30. The van der Waals surface area contributed by atoms with Crippen LogP contribution in [0.3, 0.4) is 0 Å².